The molecule has 3 aromatic rings. The molecule has 0 bridgehead atoms. The Morgan fingerprint density at radius 2 is 1.94 bits per heavy atom. The smallest absolute Gasteiger partial charge is 0.269 e. The number of carbonyl (C=O) groups is 1. The van der Waals surface area contributed by atoms with Gasteiger partial charge >= 0.3 is 0 Å². The Labute approximate surface area is 195 Å². The standard InChI is InChI=1S/C24H26F2N6O2/c1-27-24(34)20-3-2-17(12-28-20)31-8-5-16(6-9-31)32-7-4-14(13-32)22-29-21-18(23(33)30-22)10-15(25)11-19(21)26/h2-3,10-12,14,16H,4-9,13H2,1H3,(H,27,34)(H,29,30,33). The third kappa shape index (κ3) is 4.25. The van der Waals surface area contributed by atoms with E-state index in [-0.39, 0.29) is 22.7 Å². The van der Waals surface area contributed by atoms with Gasteiger partial charge in [0.15, 0.2) is 5.82 Å². The lowest BCUT2D eigenvalue weighted by Gasteiger charge is -2.37. The van der Waals surface area contributed by atoms with Crippen LogP contribution < -0.4 is 15.8 Å². The molecule has 2 aliphatic rings. The van der Waals surface area contributed by atoms with Gasteiger partial charge in [-0.2, -0.15) is 0 Å². The summed E-state index contributed by atoms with van der Waals surface area (Å²) in [5.74, 6) is -1.35. The van der Waals surface area contributed by atoms with E-state index >= 15 is 0 Å². The molecular formula is C24H26F2N6O2. The van der Waals surface area contributed by atoms with Crippen molar-refractivity contribution in [3.63, 3.8) is 0 Å². The second kappa shape index (κ2) is 9.09. The fourth-order valence-electron chi connectivity index (χ4n) is 5.04. The van der Waals surface area contributed by atoms with Crippen LogP contribution in [0.25, 0.3) is 10.9 Å². The van der Waals surface area contributed by atoms with Gasteiger partial charge < -0.3 is 15.2 Å². The highest BCUT2D eigenvalue weighted by Gasteiger charge is 2.33. The molecule has 0 saturated carbocycles. The maximum Gasteiger partial charge on any atom is 0.269 e. The lowest BCUT2D eigenvalue weighted by Crippen LogP contribution is -2.44. The minimum atomic E-state index is -0.817. The van der Waals surface area contributed by atoms with Crippen molar-refractivity contribution in [2.75, 3.05) is 38.1 Å². The molecule has 4 heterocycles. The molecule has 2 saturated heterocycles. The summed E-state index contributed by atoms with van der Waals surface area (Å²) in [6.45, 7) is 3.39. The number of fused-ring (bicyclic) bond motifs is 1. The number of amides is 1. The van der Waals surface area contributed by atoms with Crippen molar-refractivity contribution < 1.29 is 13.6 Å². The van der Waals surface area contributed by atoms with Crippen LogP contribution in [0.3, 0.4) is 0 Å². The number of H-pyrrole nitrogens is 1. The van der Waals surface area contributed by atoms with E-state index in [4.69, 9.17) is 0 Å². The quantitative estimate of drug-likeness (QED) is 0.611. The summed E-state index contributed by atoms with van der Waals surface area (Å²) in [6, 6.07) is 5.85. The first-order chi connectivity index (χ1) is 16.4. The monoisotopic (exact) mass is 468 g/mol. The number of anilines is 1. The number of piperidine rings is 1. The average molecular weight is 469 g/mol. The number of benzene rings is 1. The first-order valence-electron chi connectivity index (χ1n) is 11.5. The third-order valence-corrected chi connectivity index (χ3v) is 6.91. The number of pyridine rings is 1. The van der Waals surface area contributed by atoms with E-state index in [1.807, 2.05) is 6.07 Å². The van der Waals surface area contributed by atoms with E-state index in [1.165, 1.54) is 0 Å². The third-order valence-electron chi connectivity index (χ3n) is 6.91. The molecule has 5 rings (SSSR count). The molecule has 1 atom stereocenters. The van der Waals surface area contributed by atoms with Crippen LogP contribution in [-0.4, -0.2) is 65.0 Å². The minimum absolute atomic E-state index is 0.000962. The van der Waals surface area contributed by atoms with Gasteiger partial charge in [-0.3, -0.25) is 14.5 Å². The van der Waals surface area contributed by atoms with Gasteiger partial charge in [0.25, 0.3) is 11.5 Å². The van der Waals surface area contributed by atoms with Crippen molar-refractivity contribution in [2.24, 2.45) is 0 Å². The molecule has 2 aliphatic heterocycles. The van der Waals surface area contributed by atoms with Crippen LogP contribution in [0.15, 0.2) is 35.3 Å². The van der Waals surface area contributed by atoms with Crippen LogP contribution in [-0.2, 0) is 0 Å². The molecule has 0 radical (unpaired) electrons. The molecule has 1 amide bonds. The molecule has 0 spiro atoms. The van der Waals surface area contributed by atoms with Gasteiger partial charge in [-0.25, -0.2) is 18.7 Å². The number of hydrogen-bond donors (Lipinski definition) is 2. The van der Waals surface area contributed by atoms with Crippen LogP contribution in [0.5, 0.6) is 0 Å². The van der Waals surface area contributed by atoms with Crippen LogP contribution >= 0.6 is 0 Å². The molecule has 2 aromatic heterocycles. The average Bonchev–Trinajstić information content (AvgIpc) is 3.35. The lowest BCUT2D eigenvalue weighted by molar-refractivity contribution is 0.0958. The molecular weight excluding hydrogens is 442 g/mol. The van der Waals surface area contributed by atoms with Gasteiger partial charge in [0.05, 0.1) is 17.3 Å². The number of aromatic amines is 1. The molecule has 8 nitrogen and oxygen atoms in total. The highest BCUT2D eigenvalue weighted by atomic mass is 19.1. The Kier molecular flexibility index (Phi) is 5.99. The van der Waals surface area contributed by atoms with Crippen molar-refractivity contribution in [1.29, 1.82) is 0 Å². The first kappa shape index (κ1) is 22.4. The summed E-state index contributed by atoms with van der Waals surface area (Å²) in [4.78, 5) is 40.1. The zero-order valence-electron chi connectivity index (χ0n) is 18.9. The van der Waals surface area contributed by atoms with E-state index in [0.717, 1.165) is 63.3 Å². The number of halogens is 2. The van der Waals surface area contributed by atoms with Crippen molar-refractivity contribution in [3.05, 3.63) is 64.0 Å². The van der Waals surface area contributed by atoms with Crippen molar-refractivity contribution in [3.8, 4) is 0 Å². The van der Waals surface area contributed by atoms with Gasteiger partial charge in [0, 0.05) is 44.7 Å². The largest absolute Gasteiger partial charge is 0.370 e. The van der Waals surface area contributed by atoms with E-state index in [2.05, 4.69) is 30.1 Å². The molecule has 10 heteroatoms. The number of carbonyl (C=O) groups excluding carboxylic acids is 1. The maximum absolute atomic E-state index is 14.2. The number of nitrogens with zero attached hydrogens (tertiary/aromatic N) is 4. The SMILES string of the molecule is CNC(=O)c1ccc(N2CCC(N3CCC(c4nc5c(F)cc(F)cc5c(=O)[nH]4)C3)CC2)cn1. The van der Waals surface area contributed by atoms with Gasteiger partial charge in [-0.05, 0) is 44.0 Å². The topological polar surface area (TPSA) is 94.2 Å². The van der Waals surface area contributed by atoms with Gasteiger partial charge in [0.1, 0.15) is 22.9 Å². The molecule has 2 fully saturated rings. The summed E-state index contributed by atoms with van der Waals surface area (Å²) in [5, 5.41) is 2.50. The molecule has 34 heavy (non-hydrogen) atoms. The predicted molar refractivity (Wildman–Crippen MR) is 124 cm³/mol. The van der Waals surface area contributed by atoms with Crippen LogP contribution in [0.1, 0.15) is 41.5 Å². The summed E-state index contributed by atoms with van der Waals surface area (Å²) >= 11 is 0. The summed E-state index contributed by atoms with van der Waals surface area (Å²) < 4.78 is 27.7. The van der Waals surface area contributed by atoms with E-state index < -0.39 is 17.2 Å². The van der Waals surface area contributed by atoms with Crippen molar-refractivity contribution in [2.45, 2.75) is 31.2 Å². The molecule has 178 valence electrons. The fourth-order valence-corrected chi connectivity index (χ4v) is 5.04. The summed E-state index contributed by atoms with van der Waals surface area (Å²) in [6.07, 6.45) is 4.53. The summed E-state index contributed by atoms with van der Waals surface area (Å²) in [7, 11) is 1.58. The number of rotatable bonds is 4. The maximum atomic E-state index is 14.2. The zero-order chi connectivity index (χ0) is 23.8. The number of likely N-dealkylation sites (tertiary alicyclic amines) is 1. The number of hydrogen-bond acceptors (Lipinski definition) is 6. The Morgan fingerprint density at radius 3 is 2.65 bits per heavy atom. The molecule has 0 aliphatic carbocycles. The lowest BCUT2D eigenvalue weighted by atomic mass is 10.0. The Bertz CT molecular complexity index is 1270. The Balaban J connectivity index is 1.22. The molecule has 1 unspecified atom stereocenters. The van der Waals surface area contributed by atoms with Crippen LogP contribution in [0.2, 0.25) is 0 Å². The fraction of sp³-hybridized carbons (Fsp3) is 0.417. The van der Waals surface area contributed by atoms with E-state index in [1.54, 1.807) is 19.3 Å². The molecule has 2 N–H and O–H groups in total. The minimum Gasteiger partial charge on any atom is -0.370 e. The first-order valence-corrected chi connectivity index (χ1v) is 11.5. The molecule has 1 aromatic carbocycles. The van der Waals surface area contributed by atoms with Gasteiger partial charge in [0.2, 0.25) is 0 Å². The number of aromatic nitrogens is 3. The predicted octanol–water partition coefficient (Wildman–Crippen LogP) is 2.41. The Hall–Kier alpha value is -3.40. The second-order valence-corrected chi connectivity index (χ2v) is 8.91. The van der Waals surface area contributed by atoms with Crippen LogP contribution in [0.4, 0.5) is 14.5 Å². The van der Waals surface area contributed by atoms with Gasteiger partial charge in [-0.1, -0.05) is 0 Å². The van der Waals surface area contributed by atoms with E-state index in [0.29, 0.717) is 17.6 Å². The zero-order valence-corrected chi connectivity index (χ0v) is 18.9. The second-order valence-electron chi connectivity index (χ2n) is 8.91. The normalized spacial score (nSPS) is 19.6. The van der Waals surface area contributed by atoms with Crippen LogP contribution in [0, 0.1) is 11.6 Å². The van der Waals surface area contributed by atoms with Crippen molar-refractivity contribution in [1.82, 2.24) is 25.2 Å². The highest BCUT2D eigenvalue weighted by Crippen LogP contribution is 2.31. The van der Waals surface area contributed by atoms with Gasteiger partial charge in [-0.15, -0.1) is 0 Å². The van der Waals surface area contributed by atoms with Crippen molar-refractivity contribution >= 4 is 22.5 Å². The highest BCUT2D eigenvalue weighted by molar-refractivity contribution is 5.92. The summed E-state index contributed by atoms with van der Waals surface area (Å²) in [5.41, 5.74) is 0.806. The number of nitrogens with one attached hydrogen (secondary N) is 2. The van der Waals surface area contributed by atoms with E-state index in [9.17, 15) is 18.4 Å². The Morgan fingerprint density at radius 1 is 1.15 bits per heavy atom.